The van der Waals surface area contributed by atoms with Gasteiger partial charge in [0.15, 0.2) is 11.6 Å². The van der Waals surface area contributed by atoms with Gasteiger partial charge in [0.2, 0.25) is 0 Å². The minimum atomic E-state index is -0.374. The second-order valence-corrected chi connectivity index (χ2v) is 4.88. The van der Waals surface area contributed by atoms with Crippen LogP contribution < -0.4 is 9.64 Å². The molecule has 0 amide bonds. The van der Waals surface area contributed by atoms with E-state index in [-0.39, 0.29) is 11.6 Å². The topological polar surface area (TPSA) is 36.3 Å². The number of hydrogen-bond acceptors (Lipinski definition) is 3. The molecule has 0 bridgehead atoms. The molecular weight excluding hydrogens is 291 g/mol. The third-order valence-electron chi connectivity index (χ3n) is 3.03. The Morgan fingerprint density at radius 1 is 1.29 bits per heavy atom. The largest absolute Gasteiger partial charge is 0.489 e. The highest BCUT2D eigenvalue weighted by Crippen LogP contribution is 2.22. The van der Waals surface area contributed by atoms with Crippen LogP contribution in [0.5, 0.6) is 5.75 Å². The number of halogens is 2. The molecule has 0 fully saturated rings. The molecule has 0 aromatic heterocycles. The predicted molar refractivity (Wildman–Crippen MR) is 81.3 cm³/mol. The molecule has 3 nitrogen and oxygen atoms in total. The highest BCUT2D eigenvalue weighted by atomic mass is 35.5. The fourth-order valence-corrected chi connectivity index (χ4v) is 2.03. The summed E-state index contributed by atoms with van der Waals surface area (Å²) in [6.45, 7) is 0.908. The number of benzene rings is 2. The van der Waals surface area contributed by atoms with Gasteiger partial charge >= 0.3 is 0 Å². The summed E-state index contributed by atoms with van der Waals surface area (Å²) in [5.41, 5.74) is 1.31. The Morgan fingerprint density at radius 2 is 2.05 bits per heavy atom. The first kappa shape index (κ1) is 15.1. The number of para-hydroxylation sites is 1. The minimum absolute atomic E-state index is 0.240. The maximum atomic E-state index is 13.4. The van der Waals surface area contributed by atoms with Crippen molar-refractivity contribution in [3.8, 4) is 11.8 Å². The maximum absolute atomic E-state index is 13.4. The number of nitriles is 1. The summed E-state index contributed by atoms with van der Waals surface area (Å²) < 4.78 is 18.8. The van der Waals surface area contributed by atoms with Crippen molar-refractivity contribution in [1.82, 2.24) is 0 Å². The number of likely N-dealkylation sites (N-methyl/N-ethyl adjacent to an activating group) is 1. The van der Waals surface area contributed by atoms with Crippen molar-refractivity contribution in [3.63, 3.8) is 0 Å². The van der Waals surface area contributed by atoms with Gasteiger partial charge in [-0.2, -0.15) is 5.26 Å². The fraction of sp³-hybridized carbons (Fsp3) is 0.188. The van der Waals surface area contributed by atoms with E-state index >= 15 is 0 Å². The van der Waals surface area contributed by atoms with E-state index in [0.29, 0.717) is 23.7 Å². The van der Waals surface area contributed by atoms with Gasteiger partial charge in [0.1, 0.15) is 12.7 Å². The van der Waals surface area contributed by atoms with Gasteiger partial charge in [-0.3, -0.25) is 0 Å². The zero-order chi connectivity index (χ0) is 15.2. The second-order valence-electron chi connectivity index (χ2n) is 4.48. The van der Waals surface area contributed by atoms with E-state index in [2.05, 4.69) is 0 Å². The zero-order valence-corrected chi connectivity index (χ0v) is 12.3. The van der Waals surface area contributed by atoms with Crippen LogP contribution in [0.15, 0.2) is 42.5 Å². The average Bonchev–Trinajstić information content (AvgIpc) is 2.49. The maximum Gasteiger partial charge on any atom is 0.165 e. The Balaban J connectivity index is 1.93. The van der Waals surface area contributed by atoms with Gasteiger partial charge in [-0.25, -0.2) is 4.39 Å². The van der Waals surface area contributed by atoms with Crippen molar-refractivity contribution in [2.45, 2.75) is 0 Å². The standard InChI is InChI=1S/C16H14ClFN2O/c1-20(13-7-6-12(11-19)14(17)10-13)8-9-21-16-5-3-2-4-15(16)18/h2-7,10H,8-9H2,1H3. The first-order valence-electron chi connectivity index (χ1n) is 6.40. The van der Waals surface area contributed by atoms with E-state index in [0.717, 1.165) is 5.69 Å². The monoisotopic (exact) mass is 304 g/mol. The van der Waals surface area contributed by atoms with E-state index in [9.17, 15) is 4.39 Å². The van der Waals surface area contributed by atoms with Crippen LogP contribution in [0.4, 0.5) is 10.1 Å². The number of rotatable bonds is 5. The average molecular weight is 305 g/mol. The lowest BCUT2D eigenvalue weighted by Crippen LogP contribution is -2.23. The van der Waals surface area contributed by atoms with Gasteiger partial charge in [0, 0.05) is 12.7 Å². The summed E-state index contributed by atoms with van der Waals surface area (Å²) in [4.78, 5) is 1.92. The molecule has 0 unspecified atom stereocenters. The van der Waals surface area contributed by atoms with Crippen LogP contribution in [0, 0.1) is 17.1 Å². The zero-order valence-electron chi connectivity index (χ0n) is 11.5. The normalized spacial score (nSPS) is 10.0. The first-order chi connectivity index (χ1) is 10.1. The van der Waals surface area contributed by atoms with Gasteiger partial charge in [-0.05, 0) is 30.3 Å². The summed E-state index contributed by atoms with van der Waals surface area (Å²) in [5, 5.41) is 9.25. The summed E-state index contributed by atoms with van der Waals surface area (Å²) >= 11 is 5.99. The predicted octanol–water partition coefficient (Wildman–Crippen LogP) is 3.87. The van der Waals surface area contributed by atoms with Crippen LogP contribution in [0.3, 0.4) is 0 Å². The van der Waals surface area contributed by atoms with Crippen LogP contribution in [0.25, 0.3) is 0 Å². The molecule has 108 valence electrons. The van der Waals surface area contributed by atoms with Crippen LogP contribution in [-0.4, -0.2) is 20.2 Å². The van der Waals surface area contributed by atoms with Gasteiger partial charge in [-0.1, -0.05) is 23.7 Å². The molecule has 0 N–H and O–H groups in total. The highest BCUT2D eigenvalue weighted by molar-refractivity contribution is 6.32. The van der Waals surface area contributed by atoms with Crippen LogP contribution >= 0.6 is 11.6 Å². The Bertz CT molecular complexity index is 670. The van der Waals surface area contributed by atoms with Gasteiger partial charge < -0.3 is 9.64 Å². The van der Waals surface area contributed by atoms with Crippen molar-refractivity contribution in [3.05, 3.63) is 58.9 Å². The highest BCUT2D eigenvalue weighted by Gasteiger charge is 2.06. The lowest BCUT2D eigenvalue weighted by molar-refractivity contribution is 0.309. The molecule has 2 aromatic rings. The molecule has 0 aliphatic rings. The van der Waals surface area contributed by atoms with Crippen molar-refractivity contribution < 1.29 is 9.13 Å². The minimum Gasteiger partial charge on any atom is -0.489 e. The Hall–Kier alpha value is -2.25. The molecule has 2 aromatic carbocycles. The molecule has 0 heterocycles. The molecule has 0 aliphatic heterocycles. The van der Waals surface area contributed by atoms with Crippen molar-refractivity contribution in [1.29, 1.82) is 5.26 Å². The Morgan fingerprint density at radius 3 is 2.71 bits per heavy atom. The number of ether oxygens (including phenoxy) is 1. The van der Waals surface area contributed by atoms with Crippen molar-refractivity contribution in [2.75, 3.05) is 25.1 Å². The third kappa shape index (κ3) is 3.87. The van der Waals surface area contributed by atoms with Crippen molar-refractivity contribution in [2.24, 2.45) is 0 Å². The van der Waals surface area contributed by atoms with Gasteiger partial charge in [0.05, 0.1) is 17.1 Å². The molecule has 21 heavy (non-hydrogen) atoms. The number of anilines is 1. The van der Waals surface area contributed by atoms with E-state index in [1.807, 2.05) is 24.1 Å². The van der Waals surface area contributed by atoms with E-state index in [1.54, 1.807) is 30.3 Å². The Kier molecular flexibility index (Phi) is 5.02. The molecule has 0 spiro atoms. The summed E-state index contributed by atoms with van der Waals surface area (Å²) in [6.07, 6.45) is 0. The van der Waals surface area contributed by atoms with Crippen molar-refractivity contribution >= 4 is 17.3 Å². The molecule has 2 rings (SSSR count). The first-order valence-corrected chi connectivity index (χ1v) is 6.77. The van der Waals surface area contributed by atoms with E-state index in [4.69, 9.17) is 21.6 Å². The fourth-order valence-electron chi connectivity index (χ4n) is 1.82. The molecule has 0 aliphatic carbocycles. The summed E-state index contributed by atoms with van der Waals surface area (Å²) in [6, 6.07) is 13.5. The Labute approximate surface area is 128 Å². The van der Waals surface area contributed by atoms with Crippen LogP contribution in [0.2, 0.25) is 5.02 Å². The molecule has 0 atom stereocenters. The molecule has 5 heteroatoms. The number of hydrogen-bond donors (Lipinski definition) is 0. The third-order valence-corrected chi connectivity index (χ3v) is 3.35. The quantitative estimate of drug-likeness (QED) is 0.841. The SMILES string of the molecule is CN(CCOc1ccccc1F)c1ccc(C#N)c(Cl)c1. The molecule has 0 saturated carbocycles. The smallest absolute Gasteiger partial charge is 0.165 e. The summed E-state index contributed by atoms with van der Waals surface area (Å²) in [5.74, 6) is -0.134. The molecular formula is C16H14ClFN2O. The summed E-state index contributed by atoms with van der Waals surface area (Å²) in [7, 11) is 1.88. The molecule has 0 radical (unpaired) electrons. The van der Waals surface area contributed by atoms with E-state index < -0.39 is 0 Å². The van der Waals surface area contributed by atoms with Crippen LogP contribution in [-0.2, 0) is 0 Å². The lowest BCUT2D eigenvalue weighted by atomic mass is 10.2. The van der Waals surface area contributed by atoms with Crippen LogP contribution in [0.1, 0.15) is 5.56 Å². The van der Waals surface area contributed by atoms with Gasteiger partial charge in [-0.15, -0.1) is 0 Å². The van der Waals surface area contributed by atoms with E-state index in [1.165, 1.54) is 6.07 Å². The molecule has 0 saturated heterocycles. The second kappa shape index (κ2) is 6.96. The van der Waals surface area contributed by atoms with Gasteiger partial charge in [0.25, 0.3) is 0 Å². The lowest BCUT2D eigenvalue weighted by Gasteiger charge is -2.20. The number of nitrogens with zero attached hydrogens (tertiary/aromatic N) is 2.